The summed E-state index contributed by atoms with van der Waals surface area (Å²) in [5.41, 5.74) is 2.81. The first-order chi connectivity index (χ1) is 17.9. The Morgan fingerprint density at radius 2 is 1.76 bits per heavy atom. The van der Waals surface area contributed by atoms with E-state index in [1.54, 1.807) is 6.07 Å². The maximum absolute atomic E-state index is 13.6. The zero-order valence-corrected chi connectivity index (χ0v) is 22.8. The molecule has 2 heterocycles. The lowest BCUT2D eigenvalue weighted by Gasteiger charge is -2.30. The smallest absolute Gasteiger partial charge is 0.416 e. The van der Waals surface area contributed by atoms with Crippen LogP contribution in [-0.2, 0) is 12.7 Å². The van der Waals surface area contributed by atoms with Gasteiger partial charge in [0.25, 0.3) is 5.91 Å². The van der Waals surface area contributed by atoms with Crippen LogP contribution < -0.4 is 0 Å². The van der Waals surface area contributed by atoms with Crippen molar-refractivity contribution in [3.63, 3.8) is 0 Å². The van der Waals surface area contributed by atoms with E-state index in [9.17, 15) is 18.0 Å². The van der Waals surface area contributed by atoms with E-state index in [0.29, 0.717) is 43.9 Å². The van der Waals surface area contributed by atoms with Crippen molar-refractivity contribution in [2.45, 2.75) is 53.3 Å². The van der Waals surface area contributed by atoms with Crippen molar-refractivity contribution in [3.05, 3.63) is 93.9 Å². The number of carbonyl (C=O) groups is 1. The molecule has 1 aliphatic rings. The Morgan fingerprint density at radius 1 is 1.05 bits per heavy atom. The summed E-state index contributed by atoms with van der Waals surface area (Å²) in [4.78, 5) is 17.7. The molecule has 0 aliphatic carbocycles. The van der Waals surface area contributed by atoms with Crippen molar-refractivity contribution < 1.29 is 22.4 Å². The number of furan rings is 1. The van der Waals surface area contributed by atoms with Crippen LogP contribution in [0, 0.1) is 32.6 Å². The predicted octanol–water partition coefficient (Wildman–Crippen LogP) is 7.24. The number of halogens is 3. The molecule has 0 radical (unpaired) electrons. The van der Waals surface area contributed by atoms with Crippen molar-refractivity contribution in [1.29, 1.82) is 0 Å². The molecule has 1 aromatic heterocycles. The van der Waals surface area contributed by atoms with Crippen molar-refractivity contribution in [1.82, 2.24) is 9.80 Å². The van der Waals surface area contributed by atoms with Gasteiger partial charge in [0, 0.05) is 37.7 Å². The predicted molar refractivity (Wildman–Crippen MR) is 143 cm³/mol. The maximum atomic E-state index is 13.6. The number of benzene rings is 2. The zero-order chi connectivity index (χ0) is 27.6. The van der Waals surface area contributed by atoms with Gasteiger partial charge in [0.05, 0.1) is 12.1 Å². The van der Waals surface area contributed by atoms with E-state index >= 15 is 0 Å². The van der Waals surface area contributed by atoms with Gasteiger partial charge in [0.2, 0.25) is 0 Å². The van der Waals surface area contributed by atoms with E-state index in [1.807, 2.05) is 56.0 Å². The van der Waals surface area contributed by atoms with E-state index in [0.717, 1.165) is 28.7 Å². The Morgan fingerprint density at radius 3 is 2.37 bits per heavy atom. The molecule has 0 spiro atoms. The van der Waals surface area contributed by atoms with Crippen LogP contribution in [0.4, 0.5) is 13.2 Å². The number of hydrogen-bond donors (Lipinski definition) is 0. The molecule has 2 aromatic carbocycles. The minimum Gasteiger partial charge on any atom is -0.465 e. The van der Waals surface area contributed by atoms with Crippen LogP contribution in [0.2, 0.25) is 0 Å². The van der Waals surface area contributed by atoms with E-state index in [-0.39, 0.29) is 23.7 Å². The molecule has 38 heavy (non-hydrogen) atoms. The van der Waals surface area contributed by atoms with Crippen LogP contribution in [0.25, 0.3) is 0 Å². The molecule has 2 unspecified atom stereocenters. The topological polar surface area (TPSA) is 36.7 Å². The van der Waals surface area contributed by atoms with Gasteiger partial charge in [-0.1, -0.05) is 49.7 Å². The number of aryl methyl sites for hydroxylation is 3. The van der Waals surface area contributed by atoms with Crippen molar-refractivity contribution >= 4 is 5.91 Å². The Balaban J connectivity index is 1.63. The highest BCUT2D eigenvalue weighted by atomic mass is 19.4. The number of hydrogen-bond acceptors (Lipinski definition) is 3. The quantitative estimate of drug-likeness (QED) is 0.311. The summed E-state index contributed by atoms with van der Waals surface area (Å²) in [7, 11) is 0. The molecule has 1 fully saturated rings. The van der Waals surface area contributed by atoms with E-state index in [2.05, 4.69) is 18.7 Å². The number of alkyl halides is 3. The average molecular weight is 527 g/mol. The molecule has 204 valence electrons. The van der Waals surface area contributed by atoms with Crippen LogP contribution in [0.3, 0.4) is 0 Å². The molecule has 4 nitrogen and oxygen atoms in total. The first kappa shape index (κ1) is 28.0. The minimum atomic E-state index is -4.40. The highest BCUT2D eigenvalue weighted by Crippen LogP contribution is 2.38. The Bertz CT molecular complexity index is 1230. The maximum Gasteiger partial charge on any atom is 0.416 e. The average Bonchev–Trinajstić information content (AvgIpc) is 3.39. The normalized spacial score (nSPS) is 18.3. The number of rotatable bonds is 8. The third-order valence-electron chi connectivity index (χ3n) is 7.38. The summed E-state index contributed by atoms with van der Waals surface area (Å²) in [6.45, 7) is 12.9. The first-order valence-electron chi connectivity index (χ1n) is 13.2. The summed E-state index contributed by atoms with van der Waals surface area (Å²) in [6, 6.07) is 15.2. The Hall–Kier alpha value is -3.06. The second-order valence-corrected chi connectivity index (χ2v) is 11.1. The zero-order valence-electron chi connectivity index (χ0n) is 22.8. The summed E-state index contributed by atoms with van der Waals surface area (Å²) >= 11 is 0. The van der Waals surface area contributed by atoms with Gasteiger partial charge < -0.3 is 9.32 Å². The number of nitrogens with zero attached hydrogens (tertiary/aromatic N) is 2. The van der Waals surface area contributed by atoms with Gasteiger partial charge in [0.15, 0.2) is 0 Å². The van der Waals surface area contributed by atoms with Gasteiger partial charge in [-0.2, -0.15) is 13.2 Å². The SMILES string of the molecule is Cc1ccc(C(=O)N(CC(C)C)CC2CN(Cc3cc(C)c(C)o3)CC2c2cccc(C(F)(F)F)c2)cc1. The molecule has 0 saturated carbocycles. The highest BCUT2D eigenvalue weighted by Gasteiger charge is 2.38. The molecule has 3 aromatic rings. The Kier molecular flexibility index (Phi) is 8.36. The van der Waals surface area contributed by atoms with Crippen LogP contribution in [0.5, 0.6) is 0 Å². The van der Waals surface area contributed by atoms with Gasteiger partial charge in [0.1, 0.15) is 11.5 Å². The molecule has 7 heteroatoms. The molecular formula is C31H37F3N2O2. The lowest BCUT2D eigenvalue weighted by atomic mass is 9.87. The van der Waals surface area contributed by atoms with Crippen LogP contribution >= 0.6 is 0 Å². The third-order valence-corrected chi connectivity index (χ3v) is 7.38. The second-order valence-electron chi connectivity index (χ2n) is 11.1. The van der Waals surface area contributed by atoms with Gasteiger partial charge in [-0.25, -0.2) is 0 Å². The van der Waals surface area contributed by atoms with Crippen molar-refractivity contribution in [2.24, 2.45) is 11.8 Å². The minimum absolute atomic E-state index is 0.0243. The molecule has 4 rings (SSSR count). The summed E-state index contributed by atoms with van der Waals surface area (Å²) in [5.74, 6) is 1.76. The fourth-order valence-corrected chi connectivity index (χ4v) is 5.39. The Labute approximate surface area is 223 Å². The molecule has 2 atom stereocenters. The van der Waals surface area contributed by atoms with Crippen LogP contribution in [0.15, 0.2) is 59.0 Å². The molecule has 1 saturated heterocycles. The summed E-state index contributed by atoms with van der Waals surface area (Å²) in [5, 5.41) is 0. The van der Waals surface area contributed by atoms with Crippen LogP contribution in [0.1, 0.15) is 63.9 Å². The fourth-order valence-electron chi connectivity index (χ4n) is 5.39. The fraction of sp³-hybridized carbons (Fsp3) is 0.452. The van der Waals surface area contributed by atoms with Gasteiger partial charge in [-0.3, -0.25) is 9.69 Å². The third kappa shape index (κ3) is 6.68. The monoisotopic (exact) mass is 526 g/mol. The van der Waals surface area contributed by atoms with Crippen molar-refractivity contribution in [2.75, 3.05) is 26.2 Å². The number of amides is 1. The van der Waals surface area contributed by atoms with Crippen molar-refractivity contribution in [3.8, 4) is 0 Å². The van der Waals surface area contributed by atoms with Gasteiger partial charge >= 0.3 is 6.18 Å². The molecule has 0 N–H and O–H groups in total. The summed E-state index contributed by atoms with van der Waals surface area (Å²) < 4.78 is 46.6. The highest BCUT2D eigenvalue weighted by molar-refractivity contribution is 5.94. The van der Waals surface area contributed by atoms with Gasteiger partial charge in [-0.15, -0.1) is 0 Å². The molecule has 1 aliphatic heterocycles. The summed E-state index contributed by atoms with van der Waals surface area (Å²) in [6.07, 6.45) is -4.40. The van der Waals surface area contributed by atoms with Crippen LogP contribution in [-0.4, -0.2) is 41.9 Å². The lowest BCUT2D eigenvalue weighted by Crippen LogP contribution is -2.39. The lowest BCUT2D eigenvalue weighted by molar-refractivity contribution is -0.137. The van der Waals surface area contributed by atoms with E-state index < -0.39 is 11.7 Å². The first-order valence-corrected chi connectivity index (χ1v) is 13.2. The second kappa shape index (κ2) is 11.4. The molecule has 0 bridgehead atoms. The van der Waals surface area contributed by atoms with E-state index in [1.165, 1.54) is 12.1 Å². The number of likely N-dealkylation sites (tertiary alicyclic amines) is 1. The van der Waals surface area contributed by atoms with Gasteiger partial charge in [-0.05, 0) is 68.0 Å². The number of carbonyl (C=O) groups excluding carboxylic acids is 1. The molecule has 1 amide bonds. The standard InChI is InChI=1S/C31H37F3N2O2/c1-20(2)15-36(30(37)24-11-9-21(3)10-12-24)17-26-16-35(18-28-13-22(4)23(5)38-28)19-29(26)25-7-6-8-27(14-25)31(32,33)34/h6-14,20,26,29H,15-19H2,1-5H3. The molecular weight excluding hydrogens is 489 g/mol. The van der Waals surface area contributed by atoms with E-state index in [4.69, 9.17) is 4.42 Å². The largest absolute Gasteiger partial charge is 0.465 e.